The van der Waals surface area contributed by atoms with E-state index in [4.69, 9.17) is 5.11 Å². The van der Waals surface area contributed by atoms with Crippen LogP contribution in [0.3, 0.4) is 0 Å². The van der Waals surface area contributed by atoms with E-state index < -0.39 is 10.9 Å². The van der Waals surface area contributed by atoms with Gasteiger partial charge in [0.15, 0.2) is 0 Å². The van der Waals surface area contributed by atoms with Crippen LogP contribution in [0.5, 0.6) is 0 Å². The standard InChI is InChI=1S/C14H15N3O4/c1-3-11-13(17(20)21)12(4-2)16(15-11)10-7-5-9(6-8-10)14(18)19/h5-8H,3-4H2,1-2H3,(H,18,19). The van der Waals surface area contributed by atoms with Crippen molar-refractivity contribution < 1.29 is 14.8 Å². The van der Waals surface area contributed by atoms with Crippen molar-refractivity contribution in [2.45, 2.75) is 26.7 Å². The van der Waals surface area contributed by atoms with Gasteiger partial charge in [-0.3, -0.25) is 10.1 Å². The number of nitrogens with zero attached hydrogens (tertiary/aromatic N) is 3. The van der Waals surface area contributed by atoms with Gasteiger partial charge in [0.25, 0.3) is 0 Å². The number of carboxylic acid groups (broad SMARTS) is 1. The fraction of sp³-hybridized carbons (Fsp3) is 0.286. The molecule has 0 aliphatic carbocycles. The van der Waals surface area contributed by atoms with Gasteiger partial charge in [0.2, 0.25) is 0 Å². The first-order valence-corrected chi connectivity index (χ1v) is 6.58. The number of aromatic nitrogens is 2. The Morgan fingerprint density at radius 2 is 1.90 bits per heavy atom. The maximum atomic E-state index is 11.2. The van der Waals surface area contributed by atoms with Crippen LogP contribution in [0.2, 0.25) is 0 Å². The first kappa shape index (κ1) is 14.7. The molecule has 0 fully saturated rings. The van der Waals surface area contributed by atoms with Crippen LogP contribution in [0.4, 0.5) is 5.69 Å². The minimum absolute atomic E-state index is 0.0438. The number of rotatable bonds is 5. The summed E-state index contributed by atoms with van der Waals surface area (Å²) in [7, 11) is 0. The largest absolute Gasteiger partial charge is 0.478 e. The van der Waals surface area contributed by atoms with Gasteiger partial charge in [0, 0.05) is 0 Å². The van der Waals surface area contributed by atoms with Crippen LogP contribution in [0.15, 0.2) is 24.3 Å². The molecule has 0 atom stereocenters. The van der Waals surface area contributed by atoms with Gasteiger partial charge in [0.1, 0.15) is 11.4 Å². The number of hydrogen-bond donors (Lipinski definition) is 1. The Bertz CT molecular complexity index is 689. The van der Waals surface area contributed by atoms with Gasteiger partial charge in [0.05, 0.1) is 16.2 Å². The molecule has 1 heterocycles. The highest BCUT2D eigenvalue weighted by molar-refractivity contribution is 5.87. The molecule has 2 aromatic rings. The summed E-state index contributed by atoms with van der Waals surface area (Å²) in [5, 5.41) is 24.4. The molecule has 0 saturated carbocycles. The molecular formula is C14H15N3O4. The molecule has 1 aromatic carbocycles. The third kappa shape index (κ3) is 2.62. The zero-order chi connectivity index (χ0) is 15.6. The first-order valence-electron chi connectivity index (χ1n) is 6.58. The number of aryl methyl sites for hydroxylation is 1. The molecule has 0 spiro atoms. The van der Waals surface area contributed by atoms with E-state index in [1.807, 2.05) is 13.8 Å². The molecule has 0 aliphatic heterocycles. The summed E-state index contributed by atoms with van der Waals surface area (Å²) in [6, 6.07) is 6.10. The van der Waals surface area contributed by atoms with Crippen LogP contribution < -0.4 is 0 Å². The molecule has 21 heavy (non-hydrogen) atoms. The second kappa shape index (κ2) is 5.74. The third-order valence-corrected chi connectivity index (χ3v) is 3.23. The molecule has 110 valence electrons. The van der Waals surface area contributed by atoms with Crippen molar-refractivity contribution in [1.29, 1.82) is 0 Å². The van der Waals surface area contributed by atoms with Gasteiger partial charge in [-0.2, -0.15) is 5.10 Å². The molecule has 0 radical (unpaired) electrons. The quantitative estimate of drug-likeness (QED) is 0.673. The van der Waals surface area contributed by atoms with E-state index in [1.165, 1.54) is 16.8 Å². The molecule has 2 rings (SSSR count). The molecule has 0 unspecified atom stereocenters. The van der Waals surface area contributed by atoms with Crippen molar-refractivity contribution in [3.05, 3.63) is 51.3 Å². The van der Waals surface area contributed by atoms with Crippen molar-refractivity contribution in [2.75, 3.05) is 0 Å². The molecule has 0 saturated heterocycles. The van der Waals surface area contributed by atoms with Gasteiger partial charge in [-0.25, -0.2) is 9.48 Å². The second-order valence-electron chi connectivity index (χ2n) is 4.47. The Balaban J connectivity index is 2.58. The highest BCUT2D eigenvalue weighted by Crippen LogP contribution is 2.27. The maximum Gasteiger partial charge on any atom is 0.335 e. The molecule has 0 bridgehead atoms. The first-order chi connectivity index (χ1) is 9.99. The summed E-state index contributed by atoms with van der Waals surface area (Å²) in [5.41, 5.74) is 1.76. The lowest BCUT2D eigenvalue weighted by molar-refractivity contribution is -0.386. The normalized spacial score (nSPS) is 10.6. The number of benzene rings is 1. The van der Waals surface area contributed by atoms with Crippen molar-refractivity contribution in [1.82, 2.24) is 9.78 Å². The lowest BCUT2D eigenvalue weighted by Crippen LogP contribution is -2.04. The summed E-state index contributed by atoms with van der Waals surface area (Å²) in [4.78, 5) is 21.7. The summed E-state index contributed by atoms with van der Waals surface area (Å²) in [6.07, 6.45) is 0.924. The molecule has 0 amide bonds. The molecular weight excluding hydrogens is 274 g/mol. The van der Waals surface area contributed by atoms with E-state index >= 15 is 0 Å². The van der Waals surface area contributed by atoms with Crippen molar-refractivity contribution in [2.24, 2.45) is 0 Å². The van der Waals surface area contributed by atoms with Crippen LogP contribution in [0, 0.1) is 10.1 Å². The Hall–Kier alpha value is -2.70. The minimum atomic E-state index is -1.02. The Morgan fingerprint density at radius 1 is 1.29 bits per heavy atom. The zero-order valence-electron chi connectivity index (χ0n) is 11.7. The van der Waals surface area contributed by atoms with E-state index in [-0.39, 0.29) is 11.3 Å². The number of carbonyl (C=O) groups is 1. The fourth-order valence-electron chi connectivity index (χ4n) is 2.22. The summed E-state index contributed by atoms with van der Waals surface area (Å²) in [6.45, 7) is 3.64. The van der Waals surface area contributed by atoms with Gasteiger partial charge < -0.3 is 5.11 Å². The maximum absolute atomic E-state index is 11.2. The van der Waals surface area contributed by atoms with Crippen molar-refractivity contribution in [3.8, 4) is 5.69 Å². The van der Waals surface area contributed by atoms with E-state index in [0.29, 0.717) is 29.9 Å². The number of nitro groups is 1. The van der Waals surface area contributed by atoms with Crippen LogP contribution in [0.25, 0.3) is 5.69 Å². The SMILES string of the molecule is CCc1nn(-c2ccc(C(=O)O)cc2)c(CC)c1[N+](=O)[O-]. The smallest absolute Gasteiger partial charge is 0.335 e. The Labute approximate surface area is 121 Å². The summed E-state index contributed by atoms with van der Waals surface area (Å²) >= 11 is 0. The van der Waals surface area contributed by atoms with Crippen molar-refractivity contribution >= 4 is 11.7 Å². The predicted octanol–water partition coefficient (Wildman–Crippen LogP) is 2.60. The highest BCUT2D eigenvalue weighted by Gasteiger charge is 2.26. The minimum Gasteiger partial charge on any atom is -0.478 e. The summed E-state index contributed by atoms with van der Waals surface area (Å²) < 4.78 is 1.52. The molecule has 1 N–H and O–H groups in total. The number of hydrogen-bond acceptors (Lipinski definition) is 4. The van der Waals surface area contributed by atoms with Crippen LogP contribution in [-0.4, -0.2) is 25.8 Å². The monoisotopic (exact) mass is 289 g/mol. The number of carboxylic acids is 1. The predicted molar refractivity (Wildman–Crippen MR) is 75.9 cm³/mol. The fourth-order valence-corrected chi connectivity index (χ4v) is 2.22. The van der Waals surface area contributed by atoms with E-state index in [9.17, 15) is 14.9 Å². The zero-order valence-corrected chi connectivity index (χ0v) is 11.7. The molecule has 1 aromatic heterocycles. The number of aromatic carboxylic acids is 1. The molecule has 7 heteroatoms. The van der Waals surface area contributed by atoms with Gasteiger partial charge in [-0.05, 0) is 37.1 Å². The molecule has 0 aliphatic rings. The van der Waals surface area contributed by atoms with Crippen LogP contribution >= 0.6 is 0 Å². The average molecular weight is 289 g/mol. The van der Waals surface area contributed by atoms with Gasteiger partial charge in [-0.1, -0.05) is 13.8 Å². The lowest BCUT2D eigenvalue weighted by Gasteiger charge is -2.05. The summed E-state index contributed by atoms with van der Waals surface area (Å²) in [5.74, 6) is -1.02. The van der Waals surface area contributed by atoms with Crippen LogP contribution in [-0.2, 0) is 12.8 Å². The second-order valence-corrected chi connectivity index (χ2v) is 4.47. The Morgan fingerprint density at radius 3 is 2.33 bits per heavy atom. The van der Waals surface area contributed by atoms with E-state index in [0.717, 1.165) is 0 Å². The Kier molecular flexibility index (Phi) is 4.02. The van der Waals surface area contributed by atoms with Crippen LogP contribution in [0.1, 0.15) is 35.6 Å². The van der Waals surface area contributed by atoms with Gasteiger partial charge in [-0.15, -0.1) is 0 Å². The van der Waals surface area contributed by atoms with E-state index in [1.54, 1.807) is 12.1 Å². The molecule has 7 nitrogen and oxygen atoms in total. The average Bonchev–Trinajstić information content (AvgIpc) is 2.86. The van der Waals surface area contributed by atoms with Gasteiger partial charge >= 0.3 is 11.7 Å². The van der Waals surface area contributed by atoms with Crippen molar-refractivity contribution in [3.63, 3.8) is 0 Å². The highest BCUT2D eigenvalue weighted by atomic mass is 16.6. The van der Waals surface area contributed by atoms with E-state index in [2.05, 4.69) is 5.10 Å². The third-order valence-electron chi connectivity index (χ3n) is 3.23. The topological polar surface area (TPSA) is 98.3 Å². The lowest BCUT2D eigenvalue weighted by atomic mass is 10.2.